The van der Waals surface area contributed by atoms with Crippen LogP contribution in [0.4, 0.5) is 5.69 Å². The largest absolute Gasteiger partial charge is 0.269 e. The van der Waals surface area contributed by atoms with Crippen molar-refractivity contribution in [1.29, 1.82) is 0 Å². The minimum absolute atomic E-state index is 0.132. The van der Waals surface area contributed by atoms with Crippen molar-refractivity contribution in [1.82, 2.24) is 0 Å². The molecule has 0 fully saturated rings. The van der Waals surface area contributed by atoms with Gasteiger partial charge in [0.05, 0.1) is 4.92 Å². The molecule has 4 heteroatoms. The van der Waals surface area contributed by atoms with Crippen LogP contribution in [0.2, 0.25) is 0 Å². The SMILES string of the molecule is CC(C)(C)CC(C)(Br)c1ccc([N+](=O)[O-])cc1. The lowest BCUT2D eigenvalue weighted by Gasteiger charge is -2.31. The van der Waals surface area contributed by atoms with Crippen molar-refractivity contribution >= 4 is 21.6 Å². The second-order valence-corrected chi connectivity index (χ2v) is 7.49. The summed E-state index contributed by atoms with van der Waals surface area (Å²) in [4.78, 5) is 10.2. The number of halogens is 1. The van der Waals surface area contributed by atoms with Crippen molar-refractivity contribution in [2.24, 2.45) is 5.41 Å². The molecular formula is C13H18BrNO2. The van der Waals surface area contributed by atoms with Crippen LogP contribution in [-0.2, 0) is 4.32 Å². The van der Waals surface area contributed by atoms with Gasteiger partial charge < -0.3 is 0 Å². The maximum atomic E-state index is 10.6. The number of alkyl halides is 1. The van der Waals surface area contributed by atoms with E-state index in [0.29, 0.717) is 0 Å². The standard InChI is InChI=1S/C13H18BrNO2/c1-12(2,3)9-13(4,14)10-5-7-11(8-6-10)15(16)17/h5-8H,9H2,1-4H3. The normalized spacial score (nSPS) is 15.4. The van der Waals surface area contributed by atoms with Crippen LogP contribution in [0.25, 0.3) is 0 Å². The van der Waals surface area contributed by atoms with Gasteiger partial charge in [-0.25, -0.2) is 0 Å². The second-order valence-electron chi connectivity index (χ2n) is 5.74. The number of hydrogen-bond donors (Lipinski definition) is 0. The lowest BCUT2D eigenvalue weighted by Crippen LogP contribution is -2.21. The monoisotopic (exact) mass is 299 g/mol. The molecule has 17 heavy (non-hydrogen) atoms. The van der Waals surface area contributed by atoms with E-state index >= 15 is 0 Å². The zero-order valence-electron chi connectivity index (χ0n) is 10.7. The Hall–Kier alpha value is -0.900. The minimum atomic E-state index is -0.376. The van der Waals surface area contributed by atoms with Crippen molar-refractivity contribution < 1.29 is 4.92 Å². The van der Waals surface area contributed by atoms with Gasteiger partial charge in [0.15, 0.2) is 0 Å². The number of nitro benzene ring substituents is 1. The van der Waals surface area contributed by atoms with E-state index in [1.807, 2.05) is 12.1 Å². The van der Waals surface area contributed by atoms with E-state index in [1.165, 1.54) is 0 Å². The van der Waals surface area contributed by atoms with Crippen molar-refractivity contribution in [2.45, 2.75) is 38.4 Å². The zero-order valence-corrected chi connectivity index (χ0v) is 12.2. The number of hydrogen-bond acceptors (Lipinski definition) is 2. The first-order chi connectivity index (χ1) is 7.62. The van der Waals surface area contributed by atoms with Gasteiger partial charge in [-0.3, -0.25) is 10.1 Å². The minimum Gasteiger partial charge on any atom is -0.258 e. The molecule has 0 radical (unpaired) electrons. The molecule has 0 bridgehead atoms. The molecule has 0 spiro atoms. The molecule has 1 rings (SSSR count). The average molecular weight is 300 g/mol. The summed E-state index contributed by atoms with van der Waals surface area (Å²) in [5.41, 5.74) is 1.39. The molecule has 1 unspecified atom stereocenters. The smallest absolute Gasteiger partial charge is 0.258 e. The Balaban J connectivity index is 2.96. The molecular weight excluding hydrogens is 282 g/mol. The molecule has 0 aromatic heterocycles. The molecule has 0 aliphatic rings. The van der Waals surface area contributed by atoms with E-state index in [-0.39, 0.29) is 20.3 Å². The van der Waals surface area contributed by atoms with Gasteiger partial charge in [0.1, 0.15) is 0 Å². The number of rotatable bonds is 3. The quantitative estimate of drug-likeness (QED) is 0.463. The van der Waals surface area contributed by atoms with Gasteiger partial charge >= 0.3 is 0 Å². The Kier molecular flexibility index (Phi) is 3.97. The number of benzene rings is 1. The maximum Gasteiger partial charge on any atom is 0.269 e. The van der Waals surface area contributed by atoms with Crippen LogP contribution < -0.4 is 0 Å². The Morgan fingerprint density at radius 2 is 1.65 bits per heavy atom. The summed E-state index contributed by atoms with van der Waals surface area (Å²) < 4.78 is -0.152. The van der Waals surface area contributed by atoms with Crippen LogP contribution in [-0.4, -0.2) is 4.92 Å². The maximum absolute atomic E-state index is 10.6. The van der Waals surface area contributed by atoms with Crippen LogP contribution >= 0.6 is 15.9 Å². The van der Waals surface area contributed by atoms with Gasteiger partial charge in [-0.1, -0.05) is 48.8 Å². The number of nitro groups is 1. The van der Waals surface area contributed by atoms with E-state index in [4.69, 9.17) is 0 Å². The molecule has 0 saturated carbocycles. The first-order valence-electron chi connectivity index (χ1n) is 5.56. The molecule has 0 aliphatic carbocycles. The number of nitrogens with zero attached hydrogens (tertiary/aromatic N) is 1. The van der Waals surface area contributed by atoms with Gasteiger partial charge in [-0.05, 0) is 24.3 Å². The highest BCUT2D eigenvalue weighted by molar-refractivity contribution is 9.09. The first-order valence-corrected chi connectivity index (χ1v) is 6.35. The van der Waals surface area contributed by atoms with Crippen LogP contribution in [0.5, 0.6) is 0 Å². The van der Waals surface area contributed by atoms with Crippen molar-refractivity contribution in [2.75, 3.05) is 0 Å². The summed E-state index contributed by atoms with van der Waals surface area (Å²) in [5.74, 6) is 0. The van der Waals surface area contributed by atoms with E-state index in [9.17, 15) is 10.1 Å². The average Bonchev–Trinajstić information content (AvgIpc) is 2.14. The fourth-order valence-electron chi connectivity index (χ4n) is 2.03. The Bertz CT molecular complexity index is 404. The molecule has 0 N–H and O–H groups in total. The molecule has 3 nitrogen and oxygen atoms in total. The third-order valence-corrected chi connectivity index (χ3v) is 3.28. The fourth-order valence-corrected chi connectivity index (χ4v) is 3.13. The molecule has 0 saturated heterocycles. The Morgan fingerprint density at radius 3 is 2.00 bits per heavy atom. The zero-order chi connectivity index (χ0) is 13.3. The molecule has 1 aromatic carbocycles. The van der Waals surface area contributed by atoms with Crippen LogP contribution in [0.1, 0.15) is 39.7 Å². The summed E-state index contributed by atoms with van der Waals surface area (Å²) in [6.07, 6.45) is 0.956. The van der Waals surface area contributed by atoms with Crippen LogP contribution in [0, 0.1) is 15.5 Å². The highest BCUT2D eigenvalue weighted by Crippen LogP contribution is 2.41. The summed E-state index contributed by atoms with van der Waals surface area (Å²) in [5, 5.41) is 10.6. The third-order valence-electron chi connectivity index (χ3n) is 2.54. The van der Waals surface area contributed by atoms with Gasteiger partial charge in [-0.2, -0.15) is 0 Å². The molecule has 1 atom stereocenters. The highest BCUT2D eigenvalue weighted by Gasteiger charge is 2.29. The summed E-state index contributed by atoms with van der Waals surface area (Å²) >= 11 is 3.72. The predicted molar refractivity (Wildman–Crippen MR) is 73.4 cm³/mol. The summed E-state index contributed by atoms with van der Waals surface area (Å²) in [6, 6.07) is 6.74. The molecule has 0 amide bonds. The lowest BCUT2D eigenvalue weighted by molar-refractivity contribution is -0.384. The van der Waals surface area contributed by atoms with Gasteiger partial charge in [-0.15, -0.1) is 0 Å². The third kappa shape index (κ3) is 4.11. The summed E-state index contributed by atoms with van der Waals surface area (Å²) in [7, 11) is 0. The molecule has 94 valence electrons. The predicted octanol–water partition coefficient (Wildman–Crippen LogP) is 4.64. The first kappa shape index (κ1) is 14.2. The van der Waals surface area contributed by atoms with Crippen LogP contribution in [0.15, 0.2) is 24.3 Å². The topological polar surface area (TPSA) is 43.1 Å². The molecule has 1 aromatic rings. The van der Waals surface area contributed by atoms with E-state index in [2.05, 4.69) is 43.6 Å². The fraction of sp³-hybridized carbons (Fsp3) is 0.538. The lowest BCUT2D eigenvalue weighted by atomic mass is 9.82. The van der Waals surface area contributed by atoms with Gasteiger partial charge in [0.2, 0.25) is 0 Å². The van der Waals surface area contributed by atoms with Crippen molar-refractivity contribution in [3.63, 3.8) is 0 Å². The van der Waals surface area contributed by atoms with Gasteiger partial charge in [0.25, 0.3) is 5.69 Å². The Labute approximate surface area is 111 Å². The summed E-state index contributed by atoms with van der Waals surface area (Å²) in [6.45, 7) is 8.63. The molecule has 0 heterocycles. The Morgan fingerprint density at radius 1 is 1.18 bits per heavy atom. The van der Waals surface area contributed by atoms with Crippen LogP contribution in [0.3, 0.4) is 0 Å². The number of non-ortho nitro benzene ring substituents is 1. The van der Waals surface area contributed by atoms with E-state index < -0.39 is 0 Å². The van der Waals surface area contributed by atoms with Crippen molar-refractivity contribution in [3.8, 4) is 0 Å². The molecule has 0 aliphatic heterocycles. The second kappa shape index (κ2) is 4.77. The van der Waals surface area contributed by atoms with E-state index in [1.54, 1.807) is 12.1 Å². The van der Waals surface area contributed by atoms with Gasteiger partial charge in [0, 0.05) is 16.5 Å². The highest BCUT2D eigenvalue weighted by atomic mass is 79.9. The van der Waals surface area contributed by atoms with E-state index in [0.717, 1.165) is 12.0 Å². The van der Waals surface area contributed by atoms with Crippen molar-refractivity contribution in [3.05, 3.63) is 39.9 Å².